The minimum absolute atomic E-state index is 0.142. The Hall–Kier alpha value is -1.16. The lowest BCUT2D eigenvalue weighted by atomic mass is 9.88. The van der Waals surface area contributed by atoms with Gasteiger partial charge in [0.15, 0.2) is 11.9 Å². The fraction of sp³-hybridized carbons (Fsp3) is 0.643. The molecule has 0 N–H and O–H groups in total. The van der Waals surface area contributed by atoms with Crippen molar-refractivity contribution in [1.82, 2.24) is 4.90 Å². The second-order valence-electron chi connectivity index (χ2n) is 5.33. The van der Waals surface area contributed by atoms with Crippen LogP contribution < -0.4 is 0 Å². The highest BCUT2D eigenvalue weighted by molar-refractivity contribution is 5.82. The van der Waals surface area contributed by atoms with E-state index in [4.69, 9.17) is 4.74 Å². The number of amides is 1. The summed E-state index contributed by atoms with van der Waals surface area (Å²) in [5.74, 6) is -0.376. The van der Waals surface area contributed by atoms with Gasteiger partial charge in [-0.2, -0.15) is 0 Å². The molecule has 2 heterocycles. The number of carbonyl (C=O) groups is 1. The summed E-state index contributed by atoms with van der Waals surface area (Å²) in [5.41, 5.74) is -0.783. The maximum Gasteiger partial charge on any atom is 0.233 e. The summed E-state index contributed by atoms with van der Waals surface area (Å²) in [6.07, 6.45) is 3.34. The van der Waals surface area contributed by atoms with Crippen molar-refractivity contribution in [2.75, 3.05) is 0 Å². The predicted molar refractivity (Wildman–Crippen MR) is 67.4 cm³/mol. The molecule has 0 saturated carbocycles. The normalized spacial score (nSPS) is 40.7. The van der Waals surface area contributed by atoms with Crippen molar-refractivity contribution in [3.63, 3.8) is 0 Å². The van der Waals surface area contributed by atoms with Gasteiger partial charge in [-0.3, -0.25) is 9.69 Å². The van der Waals surface area contributed by atoms with Crippen LogP contribution in [0.15, 0.2) is 24.4 Å². The molecule has 1 fully saturated rings. The third kappa shape index (κ3) is 1.99. The Balaban J connectivity index is 2.26. The van der Waals surface area contributed by atoms with Crippen molar-refractivity contribution >= 4 is 5.91 Å². The van der Waals surface area contributed by atoms with Crippen LogP contribution in [-0.2, 0) is 9.53 Å². The van der Waals surface area contributed by atoms with E-state index in [9.17, 15) is 9.18 Å². The lowest BCUT2D eigenvalue weighted by Crippen LogP contribution is -2.48. The smallest absolute Gasteiger partial charge is 0.233 e. The Morgan fingerprint density at radius 3 is 2.83 bits per heavy atom. The predicted octanol–water partition coefficient (Wildman–Crippen LogP) is 2.79. The zero-order valence-corrected chi connectivity index (χ0v) is 11.1. The third-order valence-electron chi connectivity index (χ3n) is 4.03. The van der Waals surface area contributed by atoms with Crippen LogP contribution in [0.2, 0.25) is 0 Å². The van der Waals surface area contributed by atoms with Crippen molar-refractivity contribution in [3.05, 3.63) is 24.4 Å². The Kier molecular flexibility index (Phi) is 3.32. The number of rotatable bonds is 2. The summed E-state index contributed by atoms with van der Waals surface area (Å²) in [7, 11) is 0. The summed E-state index contributed by atoms with van der Waals surface area (Å²) >= 11 is 0. The highest BCUT2D eigenvalue weighted by Crippen LogP contribution is 2.42. The summed E-state index contributed by atoms with van der Waals surface area (Å²) in [6, 6.07) is 0. The number of halogens is 1. The molecule has 18 heavy (non-hydrogen) atoms. The lowest BCUT2D eigenvalue weighted by molar-refractivity contribution is -0.147. The van der Waals surface area contributed by atoms with E-state index in [1.165, 1.54) is 11.8 Å². The molecule has 0 aromatic heterocycles. The minimum Gasteiger partial charge on any atom is -0.351 e. The van der Waals surface area contributed by atoms with E-state index in [1.807, 2.05) is 13.8 Å². The molecular formula is C14H20FNO2. The molecule has 1 amide bonds. The van der Waals surface area contributed by atoms with Gasteiger partial charge in [-0.15, -0.1) is 0 Å². The first-order valence-corrected chi connectivity index (χ1v) is 6.39. The molecule has 3 nitrogen and oxygen atoms in total. The van der Waals surface area contributed by atoms with Crippen molar-refractivity contribution in [2.24, 2.45) is 5.92 Å². The number of alkyl halides is 1. The monoisotopic (exact) mass is 253 g/mol. The van der Waals surface area contributed by atoms with Crippen LogP contribution in [-0.4, -0.2) is 28.8 Å². The molecule has 1 saturated heterocycles. The minimum atomic E-state index is -1.53. The number of nitrogens with zero attached hydrogens (tertiary/aromatic N) is 1. The van der Waals surface area contributed by atoms with E-state index in [0.717, 1.165) is 12.0 Å². The molecule has 0 radical (unpaired) electrons. The van der Waals surface area contributed by atoms with Crippen molar-refractivity contribution < 1.29 is 13.9 Å². The molecule has 100 valence electrons. The zero-order chi connectivity index (χ0) is 13.5. The first-order valence-electron chi connectivity index (χ1n) is 6.39. The van der Waals surface area contributed by atoms with E-state index in [-0.39, 0.29) is 24.3 Å². The molecule has 0 unspecified atom stereocenters. The molecule has 0 aromatic carbocycles. The average molecular weight is 253 g/mol. The standard InChI is InChI=1S/C14H20FNO2/c1-5-11-10(3)14(4,15)13(18-11)16-7-6-9(2)8-12(16)17/h6-7,10-11,13H,2,5,8H2,1,3-4H3/t10-,11-,13-,14-/m1/s1. The largest absolute Gasteiger partial charge is 0.351 e. The van der Waals surface area contributed by atoms with Crippen molar-refractivity contribution in [1.29, 1.82) is 0 Å². The van der Waals surface area contributed by atoms with Crippen molar-refractivity contribution in [2.45, 2.75) is 51.6 Å². The lowest BCUT2D eigenvalue weighted by Gasteiger charge is -2.34. The Morgan fingerprint density at radius 2 is 2.33 bits per heavy atom. The van der Waals surface area contributed by atoms with E-state index in [2.05, 4.69) is 6.58 Å². The molecule has 4 heteroatoms. The van der Waals surface area contributed by atoms with Crippen LogP contribution in [0.25, 0.3) is 0 Å². The summed E-state index contributed by atoms with van der Waals surface area (Å²) in [6.45, 7) is 9.06. The number of allylic oxidation sites excluding steroid dienone is 1. The van der Waals surface area contributed by atoms with Gasteiger partial charge in [0.2, 0.25) is 5.91 Å². The van der Waals surface area contributed by atoms with E-state index in [1.54, 1.807) is 12.3 Å². The van der Waals surface area contributed by atoms with E-state index < -0.39 is 11.9 Å². The fourth-order valence-corrected chi connectivity index (χ4v) is 2.61. The molecule has 0 bridgehead atoms. The van der Waals surface area contributed by atoms with Crippen LogP contribution in [0, 0.1) is 5.92 Å². The van der Waals surface area contributed by atoms with Gasteiger partial charge in [0.1, 0.15) is 0 Å². The van der Waals surface area contributed by atoms with Crippen LogP contribution in [0.1, 0.15) is 33.6 Å². The number of hydrogen-bond donors (Lipinski definition) is 0. The van der Waals surface area contributed by atoms with Gasteiger partial charge in [-0.25, -0.2) is 4.39 Å². The third-order valence-corrected chi connectivity index (χ3v) is 4.03. The second kappa shape index (κ2) is 4.50. The molecular weight excluding hydrogens is 233 g/mol. The Morgan fingerprint density at radius 1 is 1.67 bits per heavy atom. The fourth-order valence-electron chi connectivity index (χ4n) is 2.61. The van der Waals surface area contributed by atoms with Crippen LogP contribution in [0.5, 0.6) is 0 Å². The quantitative estimate of drug-likeness (QED) is 0.757. The van der Waals surface area contributed by atoms with Crippen LogP contribution in [0.3, 0.4) is 0 Å². The molecule has 4 atom stereocenters. The van der Waals surface area contributed by atoms with Crippen LogP contribution in [0.4, 0.5) is 4.39 Å². The summed E-state index contributed by atoms with van der Waals surface area (Å²) in [4.78, 5) is 13.3. The van der Waals surface area contributed by atoms with Gasteiger partial charge in [-0.1, -0.05) is 20.4 Å². The molecule has 2 aliphatic heterocycles. The molecule has 2 rings (SSSR count). The first kappa shape index (κ1) is 13.3. The van der Waals surface area contributed by atoms with E-state index >= 15 is 0 Å². The van der Waals surface area contributed by atoms with Crippen LogP contribution >= 0.6 is 0 Å². The topological polar surface area (TPSA) is 29.5 Å². The number of hydrogen-bond acceptors (Lipinski definition) is 2. The second-order valence-corrected chi connectivity index (χ2v) is 5.33. The average Bonchev–Trinajstić information content (AvgIpc) is 2.52. The maximum absolute atomic E-state index is 14.8. The Labute approximate surface area is 107 Å². The highest BCUT2D eigenvalue weighted by atomic mass is 19.1. The molecule has 0 spiro atoms. The SMILES string of the molecule is C=C1C=CN([C@@H]2O[C@H](CC)[C@@H](C)[C@@]2(C)F)C(=O)C1. The number of carbonyl (C=O) groups excluding carboxylic acids is 1. The maximum atomic E-state index is 14.8. The van der Waals surface area contributed by atoms with Gasteiger partial charge in [0, 0.05) is 12.1 Å². The van der Waals surface area contributed by atoms with Gasteiger partial charge in [0.25, 0.3) is 0 Å². The van der Waals surface area contributed by atoms with Gasteiger partial charge in [-0.05, 0) is 25.0 Å². The van der Waals surface area contributed by atoms with Gasteiger partial charge < -0.3 is 4.74 Å². The first-order chi connectivity index (χ1) is 8.37. The highest BCUT2D eigenvalue weighted by Gasteiger charge is 2.54. The summed E-state index contributed by atoms with van der Waals surface area (Å²) < 4.78 is 20.5. The molecule has 0 aliphatic carbocycles. The Bertz CT molecular complexity index is 403. The molecule has 0 aromatic rings. The zero-order valence-electron chi connectivity index (χ0n) is 11.1. The van der Waals surface area contributed by atoms with Crippen molar-refractivity contribution in [3.8, 4) is 0 Å². The summed E-state index contributed by atoms with van der Waals surface area (Å²) in [5, 5.41) is 0. The van der Waals surface area contributed by atoms with Gasteiger partial charge in [0.05, 0.1) is 12.5 Å². The van der Waals surface area contributed by atoms with E-state index in [0.29, 0.717) is 0 Å². The number of ether oxygens (including phenoxy) is 1. The molecule has 2 aliphatic rings. The van der Waals surface area contributed by atoms with Gasteiger partial charge >= 0.3 is 0 Å².